The van der Waals surface area contributed by atoms with Crippen molar-refractivity contribution in [1.29, 1.82) is 0 Å². The van der Waals surface area contributed by atoms with Gasteiger partial charge in [-0.25, -0.2) is 9.37 Å². The number of nitrogens with one attached hydrogen (secondary N) is 1. The lowest BCUT2D eigenvalue weighted by molar-refractivity contribution is 0.102. The molecule has 1 heterocycles. The Labute approximate surface area is 110 Å². The van der Waals surface area contributed by atoms with Crippen LogP contribution in [0, 0.1) is 5.82 Å². The second kappa shape index (κ2) is 5.48. The Balaban J connectivity index is 2.13. The van der Waals surface area contributed by atoms with E-state index in [1.807, 2.05) is 19.0 Å². The Morgan fingerprint density at radius 1 is 1.21 bits per heavy atom. The molecule has 4 nitrogen and oxygen atoms in total. The number of benzene rings is 1. The first-order valence-corrected chi connectivity index (χ1v) is 5.77. The molecule has 1 N–H and O–H groups in total. The highest BCUT2D eigenvalue weighted by atomic mass is 19.1. The summed E-state index contributed by atoms with van der Waals surface area (Å²) in [4.78, 5) is 17.9. The largest absolute Gasteiger partial charge is 0.363 e. The van der Waals surface area contributed by atoms with E-state index >= 15 is 0 Å². The van der Waals surface area contributed by atoms with Gasteiger partial charge in [-0.1, -0.05) is 12.1 Å². The van der Waals surface area contributed by atoms with Gasteiger partial charge in [0.05, 0.1) is 17.4 Å². The first-order valence-electron chi connectivity index (χ1n) is 5.77. The Morgan fingerprint density at radius 2 is 1.95 bits per heavy atom. The van der Waals surface area contributed by atoms with E-state index in [0.29, 0.717) is 5.69 Å². The predicted molar refractivity (Wildman–Crippen MR) is 72.9 cm³/mol. The number of nitrogens with zero attached hydrogens (tertiary/aromatic N) is 2. The third-order valence-electron chi connectivity index (χ3n) is 2.58. The number of rotatable bonds is 3. The van der Waals surface area contributed by atoms with Crippen LogP contribution in [-0.4, -0.2) is 25.0 Å². The second-order valence-electron chi connectivity index (χ2n) is 4.23. The zero-order valence-corrected chi connectivity index (χ0v) is 10.7. The van der Waals surface area contributed by atoms with Crippen LogP contribution in [0.2, 0.25) is 0 Å². The number of hydrogen-bond acceptors (Lipinski definition) is 3. The van der Waals surface area contributed by atoms with Crippen LogP contribution in [0.4, 0.5) is 15.9 Å². The smallest absolute Gasteiger partial charge is 0.258 e. The lowest BCUT2D eigenvalue weighted by Gasteiger charge is -2.11. The molecule has 19 heavy (non-hydrogen) atoms. The minimum Gasteiger partial charge on any atom is -0.363 e. The maximum absolute atomic E-state index is 13.4. The zero-order valence-electron chi connectivity index (χ0n) is 10.7. The van der Waals surface area contributed by atoms with Gasteiger partial charge >= 0.3 is 0 Å². The van der Waals surface area contributed by atoms with Crippen LogP contribution in [0.5, 0.6) is 0 Å². The van der Waals surface area contributed by atoms with E-state index in [1.165, 1.54) is 18.3 Å². The third kappa shape index (κ3) is 3.07. The van der Waals surface area contributed by atoms with Gasteiger partial charge in [0.25, 0.3) is 5.91 Å². The molecular formula is C14H14FN3O. The van der Waals surface area contributed by atoms with Gasteiger partial charge in [0.2, 0.25) is 0 Å². The van der Waals surface area contributed by atoms with Crippen molar-refractivity contribution >= 4 is 17.4 Å². The molecule has 1 amide bonds. The van der Waals surface area contributed by atoms with E-state index in [9.17, 15) is 9.18 Å². The minimum atomic E-state index is -0.544. The fraction of sp³-hybridized carbons (Fsp3) is 0.143. The maximum Gasteiger partial charge on any atom is 0.258 e. The fourth-order valence-corrected chi connectivity index (χ4v) is 1.57. The highest BCUT2D eigenvalue weighted by molar-refractivity contribution is 6.04. The topological polar surface area (TPSA) is 45.2 Å². The molecule has 0 bridgehead atoms. The number of hydrogen-bond donors (Lipinski definition) is 1. The summed E-state index contributed by atoms with van der Waals surface area (Å²) >= 11 is 0. The number of anilines is 2. The van der Waals surface area contributed by atoms with Crippen LogP contribution in [0.1, 0.15) is 10.4 Å². The molecule has 0 radical (unpaired) electrons. The molecule has 0 aliphatic carbocycles. The molecule has 98 valence electrons. The summed E-state index contributed by atoms with van der Waals surface area (Å²) in [6.07, 6.45) is 1.54. The monoisotopic (exact) mass is 259 g/mol. The molecule has 0 saturated carbocycles. The Hall–Kier alpha value is -2.43. The van der Waals surface area contributed by atoms with Gasteiger partial charge in [0, 0.05) is 14.1 Å². The van der Waals surface area contributed by atoms with Crippen LogP contribution in [0.3, 0.4) is 0 Å². The molecule has 0 fully saturated rings. The van der Waals surface area contributed by atoms with E-state index in [2.05, 4.69) is 10.3 Å². The molecule has 0 aliphatic rings. The van der Waals surface area contributed by atoms with Crippen LogP contribution in [0.15, 0.2) is 42.6 Å². The molecule has 5 heteroatoms. The minimum absolute atomic E-state index is 0.0131. The molecule has 0 saturated heterocycles. The van der Waals surface area contributed by atoms with Gasteiger partial charge in [-0.05, 0) is 24.3 Å². The molecule has 2 aromatic rings. The van der Waals surface area contributed by atoms with Gasteiger partial charge in [0.1, 0.15) is 11.6 Å². The van der Waals surface area contributed by atoms with Crippen LogP contribution in [0.25, 0.3) is 0 Å². The van der Waals surface area contributed by atoms with Crippen molar-refractivity contribution in [2.24, 2.45) is 0 Å². The van der Waals surface area contributed by atoms with E-state index in [-0.39, 0.29) is 5.56 Å². The second-order valence-corrected chi connectivity index (χ2v) is 4.23. The van der Waals surface area contributed by atoms with Crippen LogP contribution in [-0.2, 0) is 0 Å². The molecule has 2 rings (SSSR count). The van der Waals surface area contributed by atoms with Gasteiger partial charge in [0.15, 0.2) is 0 Å². The molecule has 0 unspecified atom stereocenters. The number of carbonyl (C=O) groups excluding carboxylic acids is 1. The summed E-state index contributed by atoms with van der Waals surface area (Å²) in [5, 5.41) is 2.61. The van der Waals surface area contributed by atoms with Crippen LogP contribution >= 0.6 is 0 Å². The van der Waals surface area contributed by atoms with Crippen LogP contribution < -0.4 is 10.2 Å². The molecule has 0 spiro atoms. The third-order valence-corrected chi connectivity index (χ3v) is 2.58. The summed E-state index contributed by atoms with van der Waals surface area (Å²) in [5.74, 6) is -0.251. The summed E-state index contributed by atoms with van der Waals surface area (Å²) in [6, 6.07) is 9.34. The van der Waals surface area contributed by atoms with E-state index < -0.39 is 11.7 Å². The summed E-state index contributed by atoms with van der Waals surface area (Å²) < 4.78 is 13.4. The first kappa shape index (κ1) is 13.0. The van der Waals surface area contributed by atoms with Gasteiger partial charge in [-0.2, -0.15) is 0 Å². The van der Waals surface area contributed by atoms with E-state index in [1.54, 1.807) is 24.3 Å². The zero-order chi connectivity index (χ0) is 13.8. The van der Waals surface area contributed by atoms with Gasteiger partial charge in [-0.15, -0.1) is 0 Å². The highest BCUT2D eigenvalue weighted by Gasteiger charge is 2.11. The quantitative estimate of drug-likeness (QED) is 0.921. The summed E-state index contributed by atoms with van der Waals surface area (Å²) in [5.41, 5.74) is 0.540. The van der Waals surface area contributed by atoms with Crippen molar-refractivity contribution < 1.29 is 9.18 Å². The van der Waals surface area contributed by atoms with Gasteiger partial charge < -0.3 is 10.2 Å². The first-order chi connectivity index (χ1) is 9.08. The molecular weight excluding hydrogens is 245 g/mol. The molecule has 1 aromatic carbocycles. The fourth-order valence-electron chi connectivity index (χ4n) is 1.57. The number of carbonyl (C=O) groups is 1. The number of halogens is 1. The van der Waals surface area contributed by atoms with Crippen molar-refractivity contribution in [3.8, 4) is 0 Å². The highest BCUT2D eigenvalue weighted by Crippen LogP contribution is 2.14. The predicted octanol–water partition coefficient (Wildman–Crippen LogP) is 2.54. The van der Waals surface area contributed by atoms with Crippen molar-refractivity contribution in [3.63, 3.8) is 0 Å². The maximum atomic E-state index is 13.4. The van der Waals surface area contributed by atoms with Gasteiger partial charge in [-0.3, -0.25) is 4.79 Å². The summed E-state index contributed by atoms with van der Waals surface area (Å²) in [6.45, 7) is 0. The van der Waals surface area contributed by atoms with Crippen molar-refractivity contribution in [3.05, 3.63) is 54.0 Å². The van der Waals surface area contributed by atoms with E-state index in [0.717, 1.165) is 5.82 Å². The Bertz CT molecular complexity index is 581. The number of pyridine rings is 1. The van der Waals surface area contributed by atoms with Crippen molar-refractivity contribution in [2.45, 2.75) is 0 Å². The summed E-state index contributed by atoms with van der Waals surface area (Å²) in [7, 11) is 3.75. The lowest BCUT2D eigenvalue weighted by Crippen LogP contribution is -2.14. The number of amides is 1. The average molecular weight is 259 g/mol. The lowest BCUT2D eigenvalue weighted by atomic mass is 10.2. The van der Waals surface area contributed by atoms with Crippen molar-refractivity contribution in [1.82, 2.24) is 4.98 Å². The normalized spacial score (nSPS) is 10.1. The molecule has 0 atom stereocenters. The molecule has 1 aromatic heterocycles. The van der Waals surface area contributed by atoms with Crippen molar-refractivity contribution in [2.75, 3.05) is 24.3 Å². The SMILES string of the molecule is CN(C)c1ccc(NC(=O)c2ccccc2F)cn1. The average Bonchev–Trinajstić information content (AvgIpc) is 2.39. The number of aromatic nitrogens is 1. The van der Waals surface area contributed by atoms with E-state index in [4.69, 9.17) is 0 Å². The standard InChI is InChI=1S/C14H14FN3O/c1-18(2)13-8-7-10(9-16-13)17-14(19)11-5-3-4-6-12(11)15/h3-9H,1-2H3,(H,17,19). The Morgan fingerprint density at radius 3 is 2.53 bits per heavy atom. The Kier molecular flexibility index (Phi) is 3.75. The molecule has 0 aliphatic heterocycles.